The summed E-state index contributed by atoms with van der Waals surface area (Å²) in [6.45, 7) is 6.19. The van der Waals surface area contributed by atoms with E-state index in [-0.39, 0.29) is 11.2 Å². The lowest BCUT2D eigenvalue weighted by atomic mass is 9.50. The second kappa shape index (κ2) is 5.60. The molecule has 142 valence electrons. The van der Waals surface area contributed by atoms with Gasteiger partial charge in [0.15, 0.2) is 5.79 Å². The first kappa shape index (κ1) is 17.3. The topological polar surface area (TPSA) is 38.7 Å². The zero-order chi connectivity index (χ0) is 18.2. The molecule has 1 saturated heterocycles. The van der Waals surface area contributed by atoms with E-state index in [2.05, 4.69) is 19.8 Å². The molecule has 3 fully saturated rings. The average Bonchev–Trinajstić information content (AvgIpc) is 3.18. The van der Waals surface area contributed by atoms with Crippen LogP contribution in [0.4, 0.5) is 0 Å². The number of fused-ring (bicyclic) bond motifs is 4. The first-order chi connectivity index (χ1) is 12.4. The third kappa shape index (κ3) is 2.13. The van der Waals surface area contributed by atoms with E-state index in [1.165, 1.54) is 12.8 Å². The lowest BCUT2D eigenvalue weighted by Crippen LogP contribution is -2.52. The van der Waals surface area contributed by atoms with Crippen LogP contribution in [-0.2, 0) is 9.47 Å². The van der Waals surface area contributed by atoms with Gasteiger partial charge in [-0.05, 0) is 62.2 Å². The molecule has 0 radical (unpaired) electrons. The Morgan fingerprint density at radius 1 is 1.15 bits per heavy atom. The molecule has 3 heteroatoms. The minimum atomic E-state index is -0.904. The van der Waals surface area contributed by atoms with Crippen molar-refractivity contribution in [2.75, 3.05) is 13.2 Å². The predicted octanol–water partition coefficient (Wildman–Crippen LogP) is 4.06. The van der Waals surface area contributed by atoms with Crippen LogP contribution < -0.4 is 0 Å². The van der Waals surface area contributed by atoms with Crippen LogP contribution in [-0.4, -0.2) is 29.7 Å². The van der Waals surface area contributed by atoms with Crippen molar-refractivity contribution in [3.63, 3.8) is 0 Å². The van der Waals surface area contributed by atoms with E-state index in [9.17, 15) is 5.11 Å². The summed E-state index contributed by atoms with van der Waals surface area (Å²) in [6.07, 6.45) is 14.2. The highest BCUT2D eigenvalue weighted by atomic mass is 16.7. The molecule has 5 rings (SSSR count). The quantitative estimate of drug-likeness (QED) is 0.525. The number of rotatable bonds is 0. The lowest BCUT2D eigenvalue weighted by Gasteiger charge is -2.55. The SMILES string of the molecule is C#CC1(O)CC[C@H]2[C@@H]3[C@H](C)CC4=C(CCC5(C4)OCCO5)[C@H]3CC[C@@]21C. The molecule has 1 aliphatic heterocycles. The molecule has 1 unspecified atom stereocenters. The van der Waals surface area contributed by atoms with Crippen LogP contribution in [0, 0.1) is 41.4 Å². The fraction of sp³-hybridized carbons (Fsp3) is 0.826. The fourth-order valence-electron chi connectivity index (χ4n) is 7.60. The molecular weight excluding hydrogens is 324 g/mol. The second-order valence-electron chi connectivity index (χ2n) is 9.88. The van der Waals surface area contributed by atoms with Gasteiger partial charge in [-0.3, -0.25) is 0 Å². The highest BCUT2D eigenvalue weighted by molar-refractivity contribution is 5.31. The van der Waals surface area contributed by atoms with Crippen LogP contribution in [0.25, 0.3) is 0 Å². The number of terminal acetylenes is 1. The summed E-state index contributed by atoms with van der Waals surface area (Å²) in [5, 5.41) is 11.1. The molecule has 1 spiro atoms. The van der Waals surface area contributed by atoms with E-state index >= 15 is 0 Å². The van der Waals surface area contributed by atoms with Gasteiger partial charge in [-0.25, -0.2) is 0 Å². The number of ether oxygens (including phenoxy) is 2. The first-order valence-corrected chi connectivity index (χ1v) is 10.6. The minimum Gasteiger partial charge on any atom is -0.377 e. The Balaban J connectivity index is 1.47. The van der Waals surface area contributed by atoms with Gasteiger partial charge < -0.3 is 14.6 Å². The van der Waals surface area contributed by atoms with Gasteiger partial charge in [0.1, 0.15) is 5.60 Å². The van der Waals surface area contributed by atoms with Crippen molar-refractivity contribution in [3.05, 3.63) is 11.1 Å². The normalized spacial score (nSPS) is 49.5. The molecule has 1 N–H and O–H groups in total. The van der Waals surface area contributed by atoms with E-state index in [0.717, 1.165) is 51.7 Å². The third-order valence-electron chi connectivity index (χ3n) is 8.92. The maximum Gasteiger partial charge on any atom is 0.172 e. The molecular formula is C23H32O3. The van der Waals surface area contributed by atoms with Crippen molar-refractivity contribution < 1.29 is 14.6 Å². The molecule has 0 bridgehead atoms. The van der Waals surface area contributed by atoms with Gasteiger partial charge in [0, 0.05) is 18.3 Å². The zero-order valence-electron chi connectivity index (χ0n) is 16.2. The summed E-state index contributed by atoms with van der Waals surface area (Å²) >= 11 is 0. The number of allylic oxidation sites excluding steroid dienone is 1. The van der Waals surface area contributed by atoms with Crippen LogP contribution in [0.3, 0.4) is 0 Å². The summed E-state index contributed by atoms with van der Waals surface area (Å²) in [4.78, 5) is 0. The Labute approximate surface area is 157 Å². The zero-order valence-corrected chi connectivity index (χ0v) is 16.2. The van der Waals surface area contributed by atoms with E-state index in [1.54, 1.807) is 11.1 Å². The molecule has 2 saturated carbocycles. The summed E-state index contributed by atoms with van der Waals surface area (Å²) in [5.74, 6) is 5.05. The summed E-state index contributed by atoms with van der Waals surface area (Å²) < 4.78 is 12.0. The van der Waals surface area contributed by atoms with Crippen molar-refractivity contribution in [1.82, 2.24) is 0 Å². The van der Waals surface area contributed by atoms with Crippen molar-refractivity contribution in [2.45, 2.75) is 76.6 Å². The Bertz CT molecular complexity index is 682. The summed E-state index contributed by atoms with van der Waals surface area (Å²) in [6, 6.07) is 0. The average molecular weight is 357 g/mol. The van der Waals surface area contributed by atoms with Gasteiger partial charge in [0.25, 0.3) is 0 Å². The maximum atomic E-state index is 11.1. The Morgan fingerprint density at radius 3 is 2.65 bits per heavy atom. The van der Waals surface area contributed by atoms with E-state index in [1.807, 2.05) is 0 Å². The molecule has 6 atom stereocenters. The van der Waals surface area contributed by atoms with E-state index in [4.69, 9.17) is 15.9 Å². The van der Waals surface area contributed by atoms with Crippen LogP contribution >= 0.6 is 0 Å². The van der Waals surface area contributed by atoms with Crippen molar-refractivity contribution >= 4 is 0 Å². The number of aliphatic hydroxyl groups is 1. The molecule has 4 aliphatic carbocycles. The highest BCUT2D eigenvalue weighted by Crippen LogP contribution is 2.65. The van der Waals surface area contributed by atoms with Crippen molar-refractivity contribution in [2.24, 2.45) is 29.1 Å². The molecule has 3 nitrogen and oxygen atoms in total. The molecule has 5 aliphatic rings. The third-order valence-corrected chi connectivity index (χ3v) is 8.92. The Kier molecular flexibility index (Phi) is 3.72. The molecule has 0 aromatic carbocycles. The van der Waals surface area contributed by atoms with Gasteiger partial charge in [0.2, 0.25) is 0 Å². The van der Waals surface area contributed by atoms with Gasteiger partial charge in [0.05, 0.1) is 13.2 Å². The minimum absolute atomic E-state index is 0.108. The second-order valence-corrected chi connectivity index (χ2v) is 9.88. The van der Waals surface area contributed by atoms with Crippen LogP contribution in [0.15, 0.2) is 11.1 Å². The fourth-order valence-corrected chi connectivity index (χ4v) is 7.60. The summed E-state index contributed by atoms with van der Waals surface area (Å²) in [7, 11) is 0. The Morgan fingerprint density at radius 2 is 1.92 bits per heavy atom. The van der Waals surface area contributed by atoms with Gasteiger partial charge in [-0.2, -0.15) is 0 Å². The molecule has 0 aromatic heterocycles. The largest absolute Gasteiger partial charge is 0.377 e. The lowest BCUT2D eigenvalue weighted by molar-refractivity contribution is -0.167. The number of hydrogen-bond acceptors (Lipinski definition) is 3. The van der Waals surface area contributed by atoms with Crippen LogP contribution in [0.2, 0.25) is 0 Å². The standard InChI is InChI=1S/C23H32O3/c1-4-22(24)9-7-19-20-15(2)13-16-14-23(25-11-12-26-23)10-6-17(16)18(20)5-8-21(19,22)3/h1,15,18-20,24H,5-14H2,2-3H3/t15-,18-,19+,20-,21+,22?/m1/s1. The van der Waals surface area contributed by atoms with Crippen LogP contribution in [0.5, 0.6) is 0 Å². The van der Waals surface area contributed by atoms with Crippen molar-refractivity contribution in [3.8, 4) is 12.3 Å². The first-order valence-electron chi connectivity index (χ1n) is 10.6. The maximum absolute atomic E-state index is 11.1. The molecule has 1 heterocycles. The van der Waals surface area contributed by atoms with E-state index < -0.39 is 5.60 Å². The smallest absolute Gasteiger partial charge is 0.172 e. The van der Waals surface area contributed by atoms with Gasteiger partial charge in [-0.15, -0.1) is 6.42 Å². The summed E-state index contributed by atoms with van der Waals surface area (Å²) in [5.41, 5.74) is 2.33. The molecule has 26 heavy (non-hydrogen) atoms. The van der Waals surface area contributed by atoms with Gasteiger partial charge >= 0.3 is 0 Å². The van der Waals surface area contributed by atoms with E-state index in [0.29, 0.717) is 23.7 Å². The van der Waals surface area contributed by atoms with Crippen molar-refractivity contribution in [1.29, 1.82) is 0 Å². The van der Waals surface area contributed by atoms with Crippen LogP contribution in [0.1, 0.15) is 65.2 Å². The number of hydrogen-bond donors (Lipinski definition) is 1. The monoisotopic (exact) mass is 356 g/mol. The molecule has 0 amide bonds. The highest BCUT2D eigenvalue weighted by Gasteiger charge is 2.62. The predicted molar refractivity (Wildman–Crippen MR) is 100 cm³/mol. The van der Waals surface area contributed by atoms with Gasteiger partial charge in [-0.1, -0.05) is 30.9 Å². The Hall–Kier alpha value is -0.820. The molecule has 0 aromatic rings.